The monoisotopic (exact) mass is 550 g/mol. The summed E-state index contributed by atoms with van der Waals surface area (Å²) in [7, 11) is -0.900. The lowest BCUT2D eigenvalue weighted by Gasteiger charge is -2.35. The zero-order valence-electron chi connectivity index (χ0n) is 23.6. The topological polar surface area (TPSA) is 83.8 Å². The van der Waals surface area contributed by atoms with Crippen molar-refractivity contribution in [3.63, 3.8) is 0 Å². The van der Waals surface area contributed by atoms with Gasteiger partial charge in [0.25, 0.3) is 0 Å². The minimum Gasteiger partial charge on any atom is -0.497 e. The molecule has 1 aromatic carbocycles. The smallest absolute Gasteiger partial charge is 0.248 e. The number of hydrogen-bond acceptors (Lipinski definition) is 6. The van der Waals surface area contributed by atoms with Crippen LogP contribution in [-0.2, 0) is 19.1 Å². The Kier molecular flexibility index (Phi) is 10.1. The van der Waals surface area contributed by atoms with Crippen molar-refractivity contribution in [3.8, 4) is 5.75 Å². The Bertz CT molecular complexity index is 1030. The average Bonchev–Trinajstić information content (AvgIpc) is 3.15. The van der Waals surface area contributed by atoms with E-state index in [0.29, 0.717) is 17.7 Å². The van der Waals surface area contributed by atoms with Crippen molar-refractivity contribution in [2.75, 3.05) is 59.6 Å². The number of nitrogens with zero attached hydrogens (tertiary/aromatic N) is 2. The lowest BCUT2D eigenvalue weighted by molar-refractivity contribution is -1.09. The van der Waals surface area contributed by atoms with Crippen LogP contribution in [0.5, 0.6) is 5.75 Å². The standard InChI is InChI=1S/C29H47N3O5S/c1-22-18-26(36-3)19-23(2)29(22)38(4,35)27-9-6-5-8-24(27)20-37-21-28(33)31-13-7-12-30(16-17-31)25-10-14-32(34)15-11-25/h18-19,24-25,27,34H,4-17,20-21H2,1-3H3/p+1. The molecule has 0 spiro atoms. The van der Waals surface area contributed by atoms with Crippen molar-refractivity contribution in [2.45, 2.75) is 75.0 Å². The van der Waals surface area contributed by atoms with Gasteiger partial charge in [-0.25, -0.2) is 5.21 Å². The van der Waals surface area contributed by atoms with E-state index >= 15 is 0 Å². The van der Waals surface area contributed by atoms with E-state index in [-0.39, 0.29) is 23.7 Å². The first kappa shape index (κ1) is 29.3. The Morgan fingerprint density at radius 1 is 1.05 bits per heavy atom. The lowest BCUT2D eigenvalue weighted by Crippen LogP contribution is -3.11. The van der Waals surface area contributed by atoms with Gasteiger partial charge in [-0.15, -0.1) is 0 Å². The second kappa shape index (κ2) is 13.1. The summed E-state index contributed by atoms with van der Waals surface area (Å²) in [5, 5.41) is 10.3. The number of benzene rings is 1. The van der Waals surface area contributed by atoms with E-state index in [9.17, 15) is 14.2 Å². The maximum atomic E-state index is 14.3. The van der Waals surface area contributed by atoms with Gasteiger partial charge >= 0.3 is 0 Å². The molecule has 0 bridgehead atoms. The first-order valence-corrected chi connectivity index (χ1v) is 16.1. The molecule has 3 unspecified atom stereocenters. The zero-order chi connectivity index (χ0) is 27.3. The molecular formula is C29H48N3O5S+. The second-order valence-electron chi connectivity index (χ2n) is 11.5. The summed E-state index contributed by atoms with van der Waals surface area (Å²) < 4.78 is 25.7. The summed E-state index contributed by atoms with van der Waals surface area (Å²) >= 11 is 0. The number of aryl methyl sites for hydroxylation is 2. The Hall–Kier alpha value is -1.65. The molecule has 2 aliphatic heterocycles. The molecule has 2 N–H and O–H groups in total. The fourth-order valence-corrected chi connectivity index (χ4v) is 9.73. The number of quaternary nitrogens is 1. The van der Waals surface area contributed by atoms with Crippen LogP contribution in [0.2, 0.25) is 0 Å². The molecule has 1 amide bonds. The van der Waals surface area contributed by atoms with E-state index in [1.807, 2.05) is 30.9 Å². The number of carbonyl (C=O) groups is 1. The van der Waals surface area contributed by atoms with Crippen molar-refractivity contribution < 1.29 is 28.7 Å². The second-order valence-corrected chi connectivity index (χ2v) is 13.9. The number of rotatable bonds is 8. The molecule has 0 aromatic heterocycles. The maximum Gasteiger partial charge on any atom is 0.248 e. The number of methoxy groups -OCH3 is 1. The number of piperidine rings is 1. The van der Waals surface area contributed by atoms with Crippen molar-refractivity contribution in [1.29, 1.82) is 0 Å². The van der Waals surface area contributed by atoms with E-state index in [1.54, 1.807) is 7.11 Å². The first-order valence-electron chi connectivity index (χ1n) is 14.3. The molecule has 214 valence electrons. The number of hydroxylamine groups is 2. The number of ether oxygens (including phenoxy) is 2. The van der Waals surface area contributed by atoms with Crippen LogP contribution >= 0.6 is 0 Å². The van der Waals surface area contributed by atoms with Gasteiger partial charge < -0.3 is 14.4 Å². The molecule has 3 atom stereocenters. The highest BCUT2D eigenvalue weighted by molar-refractivity contribution is 8.01. The molecule has 1 aliphatic carbocycles. The summed E-state index contributed by atoms with van der Waals surface area (Å²) in [5.74, 6) is 5.25. The van der Waals surface area contributed by atoms with Crippen molar-refractivity contribution >= 4 is 21.3 Å². The van der Waals surface area contributed by atoms with Crippen molar-refractivity contribution in [2.24, 2.45) is 5.92 Å². The van der Waals surface area contributed by atoms with E-state index in [1.165, 1.54) is 0 Å². The first-order chi connectivity index (χ1) is 18.2. The normalized spacial score (nSPS) is 28.9. The quantitative estimate of drug-likeness (QED) is 0.482. The average molecular weight is 551 g/mol. The number of carbonyl (C=O) groups excluding carboxylic acids is 1. The SMILES string of the molecule is C=S(=O)(c1c(C)cc(OC)cc1C)C1CCCCC1COCC(=O)N1CCCN(C2CC[NH+](O)CC2)CC1. The van der Waals surface area contributed by atoms with Gasteiger partial charge in [0.2, 0.25) is 5.91 Å². The van der Waals surface area contributed by atoms with Gasteiger partial charge in [-0.2, -0.15) is 5.06 Å². The highest BCUT2D eigenvalue weighted by Gasteiger charge is 2.35. The van der Waals surface area contributed by atoms with Gasteiger partial charge in [0.15, 0.2) is 0 Å². The maximum absolute atomic E-state index is 14.3. The minimum absolute atomic E-state index is 0.0473. The molecule has 9 heteroatoms. The van der Waals surface area contributed by atoms with Gasteiger partial charge in [0.05, 0.1) is 13.7 Å². The summed E-state index contributed by atoms with van der Waals surface area (Å²) in [5.41, 5.74) is 1.92. The number of nitrogens with one attached hydrogen (secondary N) is 1. The Balaban J connectivity index is 1.32. The van der Waals surface area contributed by atoms with Crippen LogP contribution in [0, 0.1) is 19.8 Å². The van der Waals surface area contributed by atoms with Crippen LogP contribution < -0.4 is 9.80 Å². The Labute approximate surface area is 229 Å². The molecule has 38 heavy (non-hydrogen) atoms. The molecule has 3 aliphatic rings. The number of hydrogen-bond donors (Lipinski definition) is 2. The van der Waals surface area contributed by atoms with Gasteiger partial charge in [0, 0.05) is 55.2 Å². The third kappa shape index (κ3) is 6.91. The number of amides is 1. The van der Waals surface area contributed by atoms with E-state index in [0.717, 1.165) is 106 Å². The van der Waals surface area contributed by atoms with E-state index in [4.69, 9.17) is 9.47 Å². The minimum atomic E-state index is -2.55. The predicted molar refractivity (Wildman–Crippen MR) is 151 cm³/mol. The van der Waals surface area contributed by atoms with Crippen LogP contribution in [0.15, 0.2) is 17.0 Å². The summed E-state index contributed by atoms with van der Waals surface area (Å²) in [4.78, 5) is 18.3. The summed E-state index contributed by atoms with van der Waals surface area (Å²) in [6.45, 7) is 9.47. The van der Waals surface area contributed by atoms with Crippen LogP contribution in [0.25, 0.3) is 0 Å². The molecule has 8 nitrogen and oxygen atoms in total. The Morgan fingerprint density at radius 2 is 1.74 bits per heavy atom. The van der Waals surface area contributed by atoms with Crippen LogP contribution in [-0.4, -0.2) is 102 Å². The molecular weight excluding hydrogens is 502 g/mol. The highest BCUT2D eigenvalue weighted by atomic mass is 32.2. The summed E-state index contributed by atoms with van der Waals surface area (Å²) in [6, 6.07) is 4.40. The van der Waals surface area contributed by atoms with E-state index < -0.39 is 9.52 Å². The van der Waals surface area contributed by atoms with Crippen LogP contribution in [0.1, 0.15) is 56.1 Å². The van der Waals surface area contributed by atoms with Gasteiger partial charge in [0.1, 0.15) is 25.4 Å². The lowest BCUT2D eigenvalue weighted by atomic mass is 9.89. The van der Waals surface area contributed by atoms with Gasteiger partial charge in [-0.05, 0) is 77.7 Å². The third-order valence-corrected chi connectivity index (χ3v) is 11.8. The molecule has 1 aromatic rings. The highest BCUT2D eigenvalue weighted by Crippen LogP contribution is 2.37. The fraction of sp³-hybridized carbons (Fsp3) is 0.724. The Morgan fingerprint density at radius 3 is 2.42 bits per heavy atom. The zero-order valence-corrected chi connectivity index (χ0v) is 24.4. The third-order valence-electron chi connectivity index (χ3n) is 8.83. The van der Waals surface area contributed by atoms with Gasteiger partial charge in [-0.3, -0.25) is 13.9 Å². The van der Waals surface area contributed by atoms with Crippen LogP contribution in [0.4, 0.5) is 0 Å². The van der Waals surface area contributed by atoms with Crippen molar-refractivity contribution in [1.82, 2.24) is 9.80 Å². The molecule has 4 rings (SSSR count). The summed E-state index contributed by atoms with van der Waals surface area (Å²) in [6.07, 6.45) is 6.94. The molecule has 1 saturated carbocycles. The van der Waals surface area contributed by atoms with Gasteiger partial charge in [-0.1, -0.05) is 12.8 Å². The molecule has 2 heterocycles. The molecule has 3 fully saturated rings. The predicted octanol–water partition coefficient (Wildman–Crippen LogP) is 1.93. The molecule has 2 saturated heterocycles. The van der Waals surface area contributed by atoms with E-state index in [2.05, 4.69) is 10.8 Å². The van der Waals surface area contributed by atoms with Crippen molar-refractivity contribution in [3.05, 3.63) is 23.3 Å². The molecule has 0 radical (unpaired) electrons. The largest absolute Gasteiger partial charge is 0.497 e. The van der Waals surface area contributed by atoms with Crippen LogP contribution in [0.3, 0.4) is 0 Å². The fourth-order valence-electron chi connectivity index (χ4n) is 6.83.